The normalized spacial score (nSPS) is 22.6. The molecule has 2 aliphatic heterocycles. The molecular weight excluding hydrogens is 282 g/mol. The van der Waals surface area contributed by atoms with Crippen LogP contribution < -0.4 is 0 Å². The molecular formula is C13H15NO5S. The van der Waals surface area contributed by atoms with Gasteiger partial charge in [-0.15, -0.1) is 11.8 Å². The molecule has 1 saturated heterocycles. The summed E-state index contributed by atoms with van der Waals surface area (Å²) >= 11 is 1.58. The Morgan fingerprint density at radius 3 is 2.75 bits per heavy atom. The van der Waals surface area contributed by atoms with Gasteiger partial charge in [0.2, 0.25) is 12.2 Å². The van der Waals surface area contributed by atoms with E-state index in [1.165, 1.54) is 18.7 Å². The van der Waals surface area contributed by atoms with E-state index in [1.54, 1.807) is 17.8 Å². The molecule has 2 heterocycles. The van der Waals surface area contributed by atoms with Gasteiger partial charge in [0.15, 0.2) is 0 Å². The quantitative estimate of drug-likeness (QED) is 0.441. The number of amides is 1. The highest BCUT2D eigenvalue weighted by molar-refractivity contribution is 8.00. The number of carbonyl (C=O) groups excluding carboxylic acids is 3. The topological polar surface area (TPSA) is 72.9 Å². The van der Waals surface area contributed by atoms with E-state index in [2.05, 4.69) is 6.58 Å². The summed E-state index contributed by atoms with van der Waals surface area (Å²) in [5, 5.41) is -0.0159. The number of carbonyl (C=O) groups is 3. The first kappa shape index (κ1) is 14.6. The van der Waals surface area contributed by atoms with Gasteiger partial charge in [0.25, 0.3) is 0 Å². The van der Waals surface area contributed by atoms with E-state index < -0.39 is 18.2 Å². The number of nitrogens with zero attached hydrogens (tertiary/aromatic N) is 1. The zero-order valence-electron chi connectivity index (χ0n) is 11.3. The van der Waals surface area contributed by atoms with Gasteiger partial charge < -0.3 is 9.47 Å². The van der Waals surface area contributed by atoms with Crippen LogP contribution in [0.15, 0.2) is 23.9 Å². The molecule has 0 aromatic heterocycles. The SMILES string of the molecule is C=CC1=C(C(=O)OC(C)OC(C)=O)N2C(=O)CC2SC1. The molecule has 0 aliphatic carbocycles. The van der Waals surface area contributed by atoms with E-state index in [0.29, 0.717) is 17.7 Å². The number of thioether (sulfide) groups is 1. The maximum absolute atomic E-state index is 12.2. The minimum atomic E-state index is -0.997. The van der Waals surface area contributed by atoms with E-state index in [1.807, 2.05) is 0 Å². The summed E-state index contributed by atoms with van der Waals surface area (Å²) < 4.78 is 9.79. The molecule has 2 unspecified atom stereocenters. The van der Waals surface area contributed by atoms with Gasteiger partial charge in [-0.1, -0.05) is 12.7 Å². The summed E-state index contributed by atoms with van der Waals surface area (Å²) in [6.45, 7) is 6.32. The van der Waals surface area contributed by atoms with Crippen LogP contribution in [0.4, 0.5) is 0 Å². The molecule has 1 amide bonds. The molecule has 0 N–H and O–H groups in total. The summed E-state index contributed by atoms with van der Waals surface area (Å²) in [5.74, 6) is -0.731. The molecule has 6 nitrogen and oxygen atoms in total. The highest BCUT2D eigenvalue weighted by Gasteiger charge is 2.45. The predicted molar refractivity (Wildman–Crippen MR) is 72.3 cm³/mol. The first-order valence-corrected chi connectivity index (χ1v) is 7.16. The van der Waals surface area contributed by atoms with Crippen molar-refractivity contribution in [2.24, 2.45) is 0 Å². The Bertz CT molecular complexity index is 513. The van der Waals surface area contributed by atoms with Crippen LogP contribution in [0.3, 0.4) is 0 Å². The average molecular weight is 297 g/mol. The molecule has 0 aromatic carbocycles. The Hall–Kier alpha value is -1.76. The summed E-state index contributed by atoms with van der Waals surface area (Å²) in [6, 6.07) is 0. The van der Waals surface area contributed by atoms with Crippen LogP contribution in [0.1, 0.15) is 20.3 Å². The second-order valence-corrected chi connectivity index (χ2v) is 5.56. The molecule has 0 radical (unpaired) electrons. The fourth-order valence-corrected chi connectivity index (χ4v) is 3.31. The van der Waals surface area contributed by atoms with Gasteiger partial charge in [-0.3, -0.25) is 14.5 Å². The minimum Gasteiger partial charge on any atom is -0.426 e. The van der Waals surface area contributed by atoms with Crippen molar-refractivity contribution in [3.8, 4) is 0 Å². The molecule has 108 valence electrons. The van der Waals surface area contributed by atoms with Crippen LogP contribution in [0, 0.1) is 0 Å². The van der Waals surface area contributed by atoms with Crippen molar-refractivity contribution < 1.29 is 23.9 Å². The lowest BCUT2D eigenvalue weighted by Crippen LogP contribution is -2.54. The zero-order valence-corrected chi connectivity index (χ0v) is 12.1. The monoisotopic (exact) mass is 297 g/mol. The molecule has 0 bridgehead atoms. The van der Waals surface area contributed by atoms with Gasteiger partial charge in [0.05, 0.1) is 11.8 Å². The largest absolute Gasteiger partial charge is 0.426 e. The maximum Gasteiger partial charge on any atom is 0.358 e. The fraction of sp³-hybridized carbons (Fsp3) is 0.462. The van der Waals surface area contributed by atoms with Crippen molar-refractivity contribution in [1.82, 2.24) is 4.90 Å². The van der Waals surface area contributed by atoms with Crippen molar-refractivity contribution in [2.75, 3.05) is 5.75 Å². The van der Waals surface area contributed by atoms with Crippen molar-refractivity contribution in [2.45, 2.75) is 31.9 Å². The molecule has 0 spiro atoms. The first-order valence-electron chi connectivity index (χ1n) is 6.11. The molecule has 20 heavy (non-hydrogen) atoms. The van der Waals surface area contributed by atoms with Crippen LogP contribution >= 0.6 is 11.8 Å². The summed E-state index contributed by atoms with van der Waals surface area (Å²) in [7, 11) is 0. The molecule has 0 saturated carbocycles. The molecule has 2 atom stereocenters. The summed E-state index contributed by atoms with van der Waals surface area (Å²) in [5.41, 5.74) is 0.860. The number of hydrogen-bond acceptors (Lipinski definition) is 6. The lowest BCUT2D eigenvalue weighted by Gasteiger charge is -2.44. The van der Waals surface area contributed by atoms with Crippen LogP contribution in [0.5, 0.6) is 0 Å². The minimum absolute atomic E-state index is 0.0159. The Balaban J connectivity index is 2.16. The van der Waals surface area contributed by atoms with Crippen molar-refractivity contribution in [3.63, 3.8) is 0 Å². The third-order valence-corrected chi connectivity index (χ3v) is 4.17. The van der Waals surface area contributed by atoms with E-state index in [4.69, 9.17) is 9.47 Å². The number of allylic oxidation sites excluding steroid dienone is 1. The van der Waals surface area contributed by atoms with E-state index >= 15 is 0 Å². The van der Waals surface area contributed by atoms with Gasteiger partial charge in [0.1, 0.15) is 5.70 Å². The van der Waals surface area contributed by atoms with E-state index in [9.17, 15) is 14.4 Å². The second-order valence-electron chi connectivity index (χ2n) is 4.39. The van der Waals surface area contributed by atoms with Crippen LogP contribution in [0.2, 0.25) is 0 Å². The number of β-lactam (4-membered cyclic amide) rings is 1. The Morgan fingerprint density at radius 1 is 1.50 bits per heavy atom. The van der Waals surface area contributed by atoms with Gasteiger partial charge in [-0.05, 0) is 5.57 Å². The Morgan fingerprint density at radius 2 is 2.20 bits per heavy atom. The van der Waals surface area contributed by atoms with E-state index in [0.717, 1.165) is 0 Å². The van der Waals surface area contributed by atoms with Gasteiger partial charge in [-0.2, -0.15) is 0 Å². The van der Waals surface area contributed by atoms with Crippen LogP contribution in [-0.4, -0.2) is 40.2 Å². The average Bonchev–Trinajstić information content (AvgIpc) is 2.35. The number of fused-ring (bicyclic) bond motifs is 1. The second kappa shape index (κ2) is 5.70. The van der Waals surface area contributed by atoms with Gasteiger partial charge in [-0.25, -0.2) is 4.79 Å². The van der Waals surface area contributed by atoms with E-state index in [-0.39, 0.29) is 17.0 Å². The predicted octanol–water partition coefficient (Wildman–Crippen LogP) is 1.18. The number of esters is 2. The summed E-state index contributed by atoms with van der Waals surface area (Å²) in [4.78, 5) is 36.1. The highest BCUT2D eigenvalue weighted by Crippen LogP contribution is 2.40. The molecule has 2 aliphatic rings. The smallest absolute Gasteiger partial charge is 0.358 e. The Kier molecular flexibility index (Phi) is 4.17. The molecule has 2 rings (SSSR count). The standard InChI is InChI=1S/C13H15NO5S/c1-4-9-6-20-11-5-10(16)14(11)12(9)13(17)19-8(3)18-7(2)15/h4,8,11H,1,5-6H2,2-3H3. The lowest BCUT2D eigenvalue weighted by atomic mass is 10.1. The third-order valence-electron chi connectivity index (χ3n) is 2.93. The molecule has 1 fully saturated rings. The zero-order chi connectivity index (χ0) is 14.9. The number of rotatable bonds is 4. The van der Waals surface area contributed by atoms with Gasteiger partial charge in [0, 0.05) is 19.6 Å². The highest BCUT2D eigenvalue weighted by atomic mass is 32.2. The number of hydrogen-bond donors (Lipinski definition) is 0. The third kappa shape index (κ3) is 2.72. The van der Waals surface area contributed by atoms with Crippen LogP contribution in [-0.2, 0) is 23.9 Å². The van der Waals surface area contributed by atoms with Crippen molar-refractivity contribution >= 4 is 29.6 Å². The van der Waals surface area contributed by atoms with Crippen molar-refractivity contribution in [1.29, 1.82) is 0 Å². The van der Waals surface area contributed by atoms with Crippen molar-refractivity contribution in [3.05, 3.63) is 23.9 Å². The fourth-order valence-electron chi connectivity index (χ4n) is 2.05. The maximum atomic E-state index is 12.2. The molecule has 0 aromatic rings. The van der Waals surface area contributed by atoms with Gasteiger partial charge >= 0.3 is 11.9 Å². The summed E-state index contributed by atoms with van der Waals surface area (Å²) in [6.07, 6.45) is 0.968. The number of ether oxygens (including phenoxy) is 2. The molecule has 7 heteroatoms. The first-order chi connectivity index (χ1) is 9.43. The Labute approximate surface area is 120 Å². The lowest BCUT2D eigenvalue weighted by molar-refractivity contribution is -0.182. The van der Waals surface area contributed by atoms with Crippen LogP contribution in [0.25, 0.3) is 0 Å².